The van der Waals surface area contributed by atoms with E-state index in [9.17, 15) is 28.1 Å². The molecule has 13 heteroatoms. The van der Waals surface area contributed by atoms with E-state index >= 15 is 0 Å². The van der Waals surface area contributed by atoms with Gasteiger partial charge >= 0.3 is 0 Å². The number of sulfonamides is 1. The van der Waals surface area contributed by atoms with Crippen LogP contribution in [-0.4, -0.2) is 69.2 Å². The lowest BCUT2D eigenvalue weighted by Crippen LogP contribution is -2.53. The Kier molecular flexibility index (Phi) is 10.3. The number of ether oxygens (including phenoxy) is 2. The molecule has 0 radical (unpaired) electrons. The van der Waals surface area contributed by atoms with Crippen molar-refractivity contribution in [2.75, 3.05) is 31.3 Å². The molecule has 0 saturated heterocycles. The summed E-state index contributed by atoms with van der Waals surface area (Å²) in [6.45, 7) is 0.914. The molecule has 0 aromatic heterocycles. The van der Waals surface area contributed by atoms with Crippen LogP contribution in [0.3, 0.4) is 0 Å². The molecule has 0 aliphatic heterocycles. The molecule has 1 fully saturated rings. The van der Waals surface area contributed by atoms with Crippen LogP contribution in [0.15, 0.2) is 42.5 Å². The second-order valence-corrected chi connectivity index (χ2v) is 11.7. The minimum Gasteiger partial charge on any atom is -0.497 e. The molecular formula is C27H36N4O8S. The average molecular weight is 577 g/mol. The van der Waals surface area contributed by atoms with Crippen molar-refractivity contribution in [1.29, 1.82) is 0 Å². The number of nitro groups is 1. The Bertz CT molecular complexity index is 1310. The van der Waals surface area contributed by atoms with Crippen LogP contribution in [0, 0.1) is 10.1 Å². The first kappa shape index (κ1) is 30.7. The molecule has 1 N–H and O–H groups in total. The van der Waals surface area contributed by atoms with Gasteiger partial charge in [-0.25, -0.2) is 8.42 Å². The summed E-state index contributed by atoms with van der Waals surface area (Å²) in [7, 11) is -1.28. The van der Waals surface area contributed by atoms with Crippen molar-refractivity contribution in [3.05, 3.63) is 58.1 Å². The molecule has 1 aliphatic rings. The second-order valence-electron chi connectivity index (χ2n) is 9.77. The number of nitro benzene ring substituents is 1. The molecule has 0 unspecified atom stereocenters. The van der Waals surface area contributed by atoms with Crippen LogP contribution in [0.4, 0.5) is 11.4 Å². The Hall–Kier alpha value is -3.87. The van der Waals surface area contributed by atoms with Crippen LogP contribution in [0.2, 0.25) is 0 Å². The summed E-state index contributed by atoms with van der Waals surface area (Å²) in [5.41, 5.74) is 0.175. The van der Waals surface area contributed by atoms with Crippen molar-refractivity contribution in [3.8, 4) is 11.5 Å². The lowest BCUT2D eigenvalue weighted by molar-refractivity contribution is -0.384. The number of benzene rings is 2. The minimum atomic E-state index is -4.11. The van der Waals surface area contributed by atoms with Gasteiger partial charge in [0.2, 0.25) is 21.8 Å². The summed E-state index contributed by atoms with van der Waals surface area (Å²) in [5, 5.41) is 14.4. The van der Waals surface area contributed by atoms with Crippen LogP contribution in [-0.2, 0) is 26.2 Å². The van der Waals surface area contributed by atoms with Gasteiger partial charge in [-0.1, -0.05) is 31.4 Å². The fraction of sp³-hybridized carbons (Fsp3) is 0.481. The van der Waals surface area contributed by atoms with Gasteiger partial charge in [0.25, 0.3) is 5.69 Å². The zero-order valence-electron chi connectivity index (χ0n) is 23.2. The van der Waals surface area contributed by atoms with Crippen LogP contribution < -0.4 is 19.1 Å². The van der Waals surface area contributed by atoms with Crippen molar-refractivity contribution in [2.24, 2.45) is 0 Å². The van der Waals surface area contributed by atoms with Crippen LogP contribution in [0.25, 0.3) is 0 Å². The lowest BCUT2D eigenvalue weighted by Gasteiger charge is -2.33. The third-order valence-corrected chi connectivity index (χ3v) is 8.08. The van der Waals surface area contributed by atoms with Crippen molar-refractivity contribution < 1.29 is 32.4 Å². The number of carbonyl (C=O) groups is 2. The molecule has 12 nitrogen and oxygen atoms in total. The number of non-ortho nitro benzene ring substituents is 1. The van der Waals surface area contributed by atoms with Crippen molar-refractivity contribution in [3.63, 3.8) is 0 Å². The van der Waals surface area contributed by atoms with E-state index in [1.54, 1.807) is 31.2 Å². The fourth-order valence-electron chi connectivity index (χ4n) is 4.66. The van der Waals surface area contributed by atoms with E-state index in [0.717, 1.165) is 48.7 Å². The number of hydrogen-bond donors (Lipinski definition) is 1. The van der Waals surface area contributed by atoms with E-state index in [4.69, 9.17) is 9.47 Å². The molecule has 2 aromatic carbocycles. The maximum atomic E-state index is 13.8. The molecule has 1 saturated carbocycles. The van der Waals surface area contributed by atoms with E-state index in [2.05, 4.69) is 5.32 Å². The van der Waals surface area contributed by atoms with Crippen LogP contribution in [0.1, 0.15) is 44.6 Å². The highest BCUT2D eigenvalue weighted by atomic mass is 32.2. The van der Waals surface area contributed by atoms with E-state index in [0.29, 0.717) is 11.3 Å². The number of hydrogen-bond acceptors (Lipinski definition) is 8. The highest BCUT2D eigenvalue weighted by molar-refractivity contribution is 7.92. The van der Waals surface area contributed by atoms with Gasteiger partial charge in [0.15, 0.2) is 0 Å². The smallest absolute Gasteiger partial charge is 0.271 e. The number of carbonyl (C=O) groups excluding carboxylic acids is 2. The molecule has 1 atom stereocenters. The van der Waals surface area contributed by atoms with Crippen molar-refractivity contribution >= 4 is 33.2 Å². The first-order valence-corrected chi connectivity index (χ1v) is 14.8. The number of amides is 2. The molecule has 1 aliphatic carbocycles. The zero-order valence-corrected chi connectivity index (χ0v) is 24.0. The highest BCUT2D eigenvalue weighted by Crippen LogP contribution is 2.34. The standard InChI is InChI=1S/C27H36N4O8S/c1-19(27(33)28-21-8-6-5-7-9-21)29(17-20-10-13-23(38-2)14-11-20)26(32)18-30(40(4,36)37)24-16-22(31(34)35)12-15-25(24)39-3/h10-16,19,21H,5-9,17-18H2,1-4H3,(H,28,33)/t19-/m1/s1. The van der Waals surface area contributed by atoms with Gasteiger partial charge in [-0.15, -0.1) is 0 Å². The second kappa shape index (κ2) is 13.5. The normalized spacial score (nSPS) is 14.6. The minimum absolute atomic E-state index is 0.0169. The van der Waals surface area contributed by atoms with Crippen LogP contribution >= 0.6 is 0 Å². The van der Waals surface area contributed by atoms with Gasteiger partial charge in [-0.2, -0.15) is 0 Å². The van der Waals surface area contributed by atoms with Gasteiger partial charge < -0.3 is 19.7 Å². The number of nitrogens with zero attached hydrogens (tertiary/aromatic N) is 3. The number of rotatable bonds is 12. The quantitative estimate of drug-likeness (QED) is 0.299. The monoisotopic (exact) mass is 576 g/mol. The Labute approximate surface area is 234 Å². The van der Waals surface area contributed by atoms with Gasteiger partial charge in [-0.3, -0.25) is 24.0 Å². The number of anilines is 1. The predicted octanol–water partition coefficient (Wildman–Crippen LogP) is 3.24. The molecule has 40 heavy (non-hydrogen) atoms. The zero-order chi connectivity index (χ0) is 29.4. The first-order chi connectivity index (χ1) is 18.9. The summed E-state index contributed by atoms with van der Waals surface area (Å²) in [6, 6.07) is 9.53. The van der Waals surface area contributed by atoms with E-state index < -0.39 is 33.4 Å². The summed E-state index contributed by atoms with van der Waals surface area (Å²) in [6.07, 6.45) is 5.76. The first-order valence-electron chi connectivity index (χ1n) is 13.0. The third-order valence-electron chi connectivity index (χ3n) is 6.95. The molecule has 3 rings (SSSR count). The number of nitrogens with one attached hydrogen (secondary N) is 1. The number of methoxy groups -OCH3 is 2. The van der Waals surface area contributed by atoms with E-state index in [-0.39, 0.29) is 35.6 Å². The Morgan fingerprint density at radius 2 is 1.73 bits per heavy atom. The van der Waals surface area contributed by atoms with Gasteiger partial charge in [-0.05, 0) is 43.5 Å². The third kappa shape index (κ3) is 7.84. The SMILES string of the molecule is COc1ccc(CN(C(=O)CN(c2cc([N+](=O)[O-])ccc2OC)S(C)(=O)=O)[C@H](C)C(=O)NC2CCCCC2)cc1. The fourth-order valence-corrected chi connectivity index (χ4v) is 5.51. The Morgan fingerprint density at radius 3 is 2.27 bits per heavy atom. The Morgan fingerprint density at radius 1 is 1.07 bits per heavy atom. The molecule has 0 bridgehead atoms. The summed E-state index contributed by atoms with van der Waals surface area (Å²) in [5.74, 6) is -0.354. The van der Waals surface area contributed by atoms with Gasteiger partial charge in [0.05, 0.1) is 25.4 Å². The van der Waals surface area contributed by atoms with Crippen molar-refractivity contribution in [2.45, 2.75) is 57.7 Å². The molecular weight excluding hydrogens is 540 g/mol. The molecule has 2 amide bonds. The summed E-state index contributed by atoms with van der Waals surface area (Å²) < 4.78 is 37.0. The van der Waals surface area contributed by atoms with E-state index in [1.165, 1.54) is 31.3 Å². The summed E-state index contributed by atoms with van der Waals surface area (Å²) in [4.78, 5) is 39.1. The largest absolute Gasteiger partial charge is 0.497 e. The topological polar surface area (TPSA) is 148 Å². The van der Waals surface area contributed by atoms with Crippen LogP contribution in [0.5, 0.6) is 11.5 Å². The lowest BCUT2D eigenvalue weighted by atomic mass is 9.95. The van der Waals surface area contributed by atoms with Gasteiger partial charge in [0, 0.05) is 24.7 Å². The van der Waals surface area contributed by atoms with Crippen molar-refractivity contribution in [1.82, 2.24) is 10.2 Å². The highest BCUT2D eigenvalue weighted by Gasteiger charge is 2.32. The average Bonchev–Trinajstić information content (AvgIpc) is 2.94. The molecule has 0 heterocycles. The summed E-state index contributed by atoms with van der Waals surface area (Å²) >= 11 is 0. The molecule has 2 aromatic rings. The molecule has 0 spiro atoms. The Balaban J connectivity index is 1.95. The maximum Gasteiger partial charge on any atom is 0.271 e. The van der Waals surface area contributed by atoms with E-state index in [1.807, 2.05) is 0 Å². The maximum absolute atomic E-state index is 13.8. The molecule has 218 valence electrons. The van der Waals surface area contributed by atoms with Gasteiger partial charge in [0.1, 0.15) is 29.8 Å². The predicted molar refractivity (Wildman–Crippen MR) is 150 cm³/mol.